The molecule has 3 heterocycles. The van der Waals surface area contributed by atoms with E-state index in [-0.39, 0.29) is 10.5 Å². The first kappa shape index (κ1) is 13.7. The van der Waals surface area contributed by atoms with Crippen molar-refractivity contribution in [1.82, 2.24) is 4.98 Å². The van der Waals surface area contributed by atoms with E-state index < -0.39 is 9.52 Å². The third-order valence-electron chi connectivity index (χ3n) is 4.35. The maximum atomic E-state index is 12.8. The Morgan fingerprint density at radius 1 is 1.35 bits per heavy atom. The number of nitrogens with zero attached hydrogens (tertiary/aromatic N) is 2. The molecule has 6 heteroatoms. The van der Waals surface area contributed by atoms with Crippen LogP contribution >= 0.6 is 0 Å². The van der Waals surface area contributed by atoms with Crippen LogP contribution in [0.3, 0.4) is 0 Å². The Kier molecular flexibility index (Phi) is 3.60. The first-order valence-electron chi connectivity index (χ1n) is 6.96. The minimum Gasteiger partial charge on any atom is -0.396 e. The van der Waals surface area contributed by atoms with Crippen molar-refractivity contribution in [2.24, 2.45) is 0 Å². The molecule has 0 amide bonds. The highest BCUT2D eigenvalue weighted by Gasteiger charge is 2.35. The summed E-state index contributed by atoms with van der Waals surface area (Å²) in [6.45, 7) is 2.97. The average molecular weight is 295 g/mol. The molecule has 0 saturated carbocycles. The van der Waals surface area contributed by atoms with Crippen LogP contribution in [0, 0.1) is 0 Å². The summed E-state index contributed by atoms with van der Waals surface area (Å²) in [5.74, 6) is 4.03. The minimum atomic E-state index is -2.04. The van der Waals surface area contributed by atoms with Crippen molar-refractivity contribution in [3.05, 3.63) is 18.5 Å². The highest BCUT2D eigenvalue weighted by atomic mass is 32.2. The van der Waals surface area contributed by atoms with Gasteiger partial charge in [0, 0.05) is 24.5 Å². The molecule has 1 aromatic heterocycles. The number of nitrogen functional groups attached to an aromatic ring is 1. The van der Waals surface area contributed by atoms with E-state index in [1.165, 1.54) is 0 Å². The maximum Gasteiger partial charge on any atom is 0.0742 e. The predicted octanol–water partition coefficient (Wildman–Crippen LogP) is 0.748. The van der Waals surface area contributed by atoms with Crippen LogP contribution in [0.25, 0.3) is 0 Å². The molecule has 0 aromatic carbocycles. The minimum absolute atomic E-state index is 0.157. The summed E-state index contributed by atoms with van der Waals surface area (Å²) in [6.07, 6.45) is 5.24. The Balaban J connectivity index is 1.67. The molecular weight excluding hydrogens is 274 g/mol. The van der Waals surface area contributed by atoms with Gasteiger partial charge in [0.2, 0.25) is 0 Å². The van der Waals surface area contributed by atoms with Crippen LogP contribution in [0.2, 0.25) is 0 Å². The number of anilines is 2. The highest BCUT2D eigenvalue weighted by molar-refractivity contribution is 8.01. The average Bonchev–Trinajstić information content (AvgIpc) is 2.37. The van der Waals surface area contributed by atoms with Crippen molar-refractivity contribution in [3.8, 4) is 0 Å². The van der Waals surface area contributed by atoms with E-state index in [0.29, 0.717) is 18.9 Å². The predicted molar refractivity (Wildman–Crippen MR) is 83.8 cm³/mol. The molecule has 1 aromatic rings. The second kappa shape index (κ2) is 5.26. The fourth-order valence-corrected chi connectivity index (χ4v) is 5.11. The lowest BCUT2D eigenvalue weighted by Crippen LogP contribution is -2.49. The first-order chi connectivity index (χ1) is 9.59. The summed E-state index contributed by atoms with van der Waals surface area (Å²) in [4.78, 5) is 6.26. The first-order valence-corrected chi connectivity index (χ1v) is 8.81. The van der Waals surface area contributed by atoms with E-state index in [1.54, 1.807) is 12.4 Å². The Hall–Kier alpha value is -1.27. The van der Waals surface area contributed by atoms with Crippen LogP contribution in [-0.2, 0) is 14.3 Å². The van der Waals surface area contributed by atoms with Gasteiger partial charge < -0.3 is 15.4 Å². The summed E-state index contributed by atoms with van der Waals surface area (Å²) in [7, 11) is -2.04. The maximum absolute atomic E-state index is 12.8. The summed E-state index contributed by atoms with van der Waals surface area (Å²) in [5.41, 5.74) is 7.69. The van der Waals surface area contributed by atoms with Crippen LogP contribution in [0.1, 0.15) is 12.8 Å². The van der Waals surface area contributed by atoms with Gasteiger partial charge in [-0.2, -0.15) is 0 Å². The van der Waals surface area contributed by atoms with Crippen LogP contribution in [0.5, 0.6) is 0 Å². The van der Waals surface area contributed by atoms with Gasteiger partial charge >= 0.3 is 0 Å². The van der Waals surface area contributed by atoms with Crippen molar-refractivity contribution in [1.29, 1.82) is 0 Å². The highest BCUT2D eigenvalue weighted by Crippen LogP contribution is 2.29. The Morgan fingerprint density at radius 3 is 2.60 bits per heavy atom. The molecule has 5 nitrogen and oxygen atoms in total. The molecule has 3 rings (SSSR count). The van der Waals surface area contributed by atoms with Crippen molar-refractivity contribution >= 4 is 26.8 Å². The zero-order chi connectivity index (χ0) is 14.2. The fraction of sp³-hybridized carbons (Fsp3) is 0.571. The van der Waals surface area contributed by atoms with Crippen LogP contribution in [0.15, 0.2) is 18.5 Å². The topological polar surface area (TPSA) is 68.5 Å². The summed E-state index contributed by atoms with van der Waals surface area (Å²) >= 11 is 0. The standard InChI is InChI=1S/C14H21N3O2S/c1-20(18,12-9-19-10-12)11-3-6-17(7-4-11)14-2-5-16-8-13(14)15/h2,5,8,11-12H,1,3-4,6-7,9-10,15H2. The number of hydrogen-bond acceptors (Lipinski definition) is 5. The molecule has 0 aliphatic carbocycles. The van der Waals surface area contributed by atoms with Gasteiger partial charge in [-0.25, -0.2) is 0 Å². The molecule has 0 radical (unpaired) electrons. The van der Waals surface area contributed by atoms with Gasteiger partial charge in [0.15, 0.2) is 0 Å². The normalized spacial score (nSPS) is 24.1. The molecule has 110 valence electrons. The van der Waals surface area contributed by atoms with Crippen molar-refractivity contribution in [2.75, 3.05) is 36.9 Å². The Labute approximate surface area is 120 Å². The number of piperidine rings is 1. The van der Waals surface area contributed by atoms with Gasteiger partial charge in [-0.1, -0.05) is 0 Å². The molecule has 2 N–H and O–H groups in total. The molecule has 0 spiro atoms. The zero-order valence-corrected chi connectivity index (χ0v) is 12.3. The Morgan fingerprint density at radius 2 is 2.05 bits per heavy atom. The van der Waals surface area contributed by atoms with Gasteiger partial charge in [-0.15, -0.1) is 0 Å². The third kappa shape index (κ3) is 2.38. The monoisotopic (exact) mass is 295 g/mol. The van der Waals surface area contributed by atoms with Gasteiger partial charge in [0.1, 0.15) is 0 Å². The lowest BCUT2D eigenvalue weighted by atomic mass is 10.1. The molecule has 1 atom stereocenters. The largest absolute Gasteiger partial charge is 0.396 e. The fourth-order valence-electron chi connectivity index (χ4n) is 2.90. The van der Waals surface area contributed by atoms with E-state index in [0.717, 1.165) is 31.6 Å². The molecule has 0 bridgehead atoms. The molecule has 2 fully saturated rings. The number of rotatable bonds is 3. The summed E-state index contributed by atoms with van der Waals surface area (Å²) < 4.78 is 18.0. The van der Waals surface area contributed by atoms with E-state index in [2.05, 4.69) is 15.8 Å². The van der Waals surface area contributed by atoms with E-state index in [4.69, 9.17) is 10.5 Å². The van der Waals surface area contributed by atoms with Crippen LogP contribution in [-0.4, -0.2) is 51.9 Å². The van der Waals surface area contributed by atoms with Crippen LogP contribution in [0.4, 0.5) is 11.4 Å². The van der Waals surface area contributed by atoms with Gasteiger partial charge in [-0.3, -0.25) is 9.19 Å². The van der Waals surface area contributed by atoms with E-state index >= 15 is 0 Å². The lowest BCUT2D eigenvalue weighted by molar-refractivity contribution is 0.0428. The quantitative estimate of drug-likeness (QED) is 0.833. The summed E-state index contributed by atoms with van der Waals surface area (Å²) in [6, 6.07) is 1.94. The SMILES string of the molecule is C=S(=O)(C1CCN(c2ccncc2N)CC1)C1COC1. The van der Waals surface area contributed by atoms with E-state index in [1.807, 2.05) is 6.07 Å². The summed E-state index contributed by atoms with van der Waals surface area (Å²) in [5, 5.41) is 0.362. The second-order valence-electron chi connectivity index (χ2n) is 5.56. The van der Waals surface area contributed by atoms with Crippen molar-refractivity contribution in [3.63, 3.8) is 0 Å². The molecule has 1 unspecified atom stereocenters. The third-order valence-corrected chi connectivity index (χ3v) is 7.35. The number of ether oxygens (including phenoxy) is 1. The Bertz CT molecular complexity index is 576. The van der Waals surface area contributed by atoms with Crippen molar-refractivity contribution in [2.45, 2.75) is 23.3 Å². The number of hydrogen-bond donors (Lipinski definition) is 1. The van der Waals surface area contributed by atoms with Crippen molar-refractivity contribution < 1.29 is 8.95 Å². The molecule has 2 aliphatic heterocycles. The molecule has 2 saturated heterocycles. The van der Waals surface area contributed by atoms with Gasteiger partial charge in [0.05, 0.1) is 36.0 Å². The molecule has 20 heavy (non-hydrogen) atoms. The number of nitrogens with two attached hydrogens (primary N) is 1. The molecular formula is C14H21N3O2S. The molecule has 2 aliphatic rings. The lowest BCUT2D eigenvalue weighted by Gasteiger charge is -2.39. The van der Waals surface area contributed by atoms with Crippen LogP contribution < -0.4 is 10.6 Å². The zero-order valence-electron chi connectivity index (χ0n) is 11.5. The second-order valence-corrected chi connectivity index (χ2v) is 8.45. The van der Waals surface area contributed by atoms with E-state index in [9.17, 15) is 4.21 Å². The number of aromatic nitrogens is 1. The number of pyridine rings is 1. The van der Waals surface area contributed by atoms with Gasteiger partial charge in [0.25, 0.3) is 0 Å². The van der Waals surface area contributed by atoms with Gasteiger partial charge in [-0.05, 0) is 34.3 Å². The smallest absolute Gasteiger partial charge is 0.0742 e.